The molecule has 2 aromatic rings. The van der Waals surface area contributed by atoms with Gasteiger partial charge in [-0.2, -0.15) is 10.4 Å². The van der Waals surface area contributed by atoms with E-state index in [9.17, 15) is 4.79 Å². The van der Waals surface area contributed by atoms with Crippen molar-refractivity contribution >= 4 is 17.3 Å². The third-order valence-electron chi connectivity index (χ3n) is 2.76. The summed E-state index contributed by atoms with van der Waals surface area (Å²) >= 11 is 0. The van der Waals surface area contributed by atoms with Crippen LogP contribution in [0.15, 0.2) is 59.7 Å². The highest BCUT2D eigenvalue weighted by atomic mass is 16.2. The van der Waals surface area contributed by atoms with E-state index in [0.29, 0.717) is 11.4 Å². The molecular formula is C16H14N4O. The first kappa shape index (κ1) is 14.3. The van der Waals surface area contributed by atoms with Gasteiger partial charge < -0.3 is 5.73 Å². The van der Waals surface area contributed by atoms with Gasteiger partial charge in [0, 0.05) is 16.8 Å². The SMILES string of the molecule is N#CCC(=O)NN=C(c1ccccc1)c1ccc(N)cc1. The van der Waals surface area contributed by atoms with Gasteiger partial charge in [-0.25, -0.2) is 5.43 Å². The molecule has 5 heteroatoms. The summed E-state index contributed by atoms with van der Waals surface area (Å²) < 4.78 is 0. The molecule has 0 saturated heterocycles. The molecule has 0 heterocycles. The Kier molecular flexibility index (Phi) is 4.67. The predicted octanol–water partition coefficient (Wildman–Crippen LogP) is 2.05. The Morgan fingerprint density at radius 2 is 1.71 bits per heavy atom. The number of hydrogen-bond donors (Lipinski definition) is 2. The summed E-state index contributed by atoms with van der Waals surface area (Å²) in [5, 5.41) is 12.6. The van der Waals surface area contributed by atoms with Gasteiger partial charge in [0.25, 0.3) is 5.91 Å². The normalized spacial score (nSPS) is 10.7. The molecule has 0 fully saturated rings. The Morgan fingerprint density at radius 3 is 2.33 bits per heavy atom. The number of nitrogens with two attached hydrogens (primary N) is 1. The number of carbonyl (C=O) groups is 1. The Balaban J connectivity index is 2.36. The largest absolute Gasteiger partial charge is 0.399 e. The molecule has 0 radical (unpaired) electrons. The minimum absolute atomic E-state index is 0.229. The quantitative estimate of drug-likeness (QED) is 0.509. The summed E-state index contributed by atoms with van der Waals surface area (Å²) in [6, 6.07) is 18.4. The van der Waals surface area contributed by atoms with E-state index in [2.05, 4.69) is 10.5 Å². The maximum absolute atomic E-state index is 11.4. The maximum atomic E-state index is 11.4. The molecule has 0 bridgehead atoms. The monoisotopic (exact) mass is 278 g/mol. The lowest BCUT2D eigenvalue weighted by molar-refractivity contribution is -0.120. The number of benzene rings is 2. The Labute approximate surface area is 122 Å². The van der Waals surface area contributed by atoms with Crippen molar-refractivity contribution in [3.05, 3.63) is 65.7 Å². The average Bonchev–Trinajstić information content (AvgIpc) is 2.50. The van der Waals surface area contributed by atoms with Crippen LogP contribution in [0.25, 0.3) is 0 Å². The highest BCUT2D eigenvalue weighted by molar-refractivity contribution is 6.13. The van der Waals surface area contributed by atoms with E-state index in [-0.39, 0.29) is 6.42 Å². The van der Waals surface area contributed by atoms with Crippen molar-refractivity contribution in [3.63, 3.8) is 0 Å². The van der Waals surface area contributed by atoms with Crippen LogP contribution >= 0.6 is 0 Å². The maximum Gasteiger partial charge on any atom is 0.254 e. The fourth-order valence-corrected chi connectivity index (χ4v) is 1.76. The zero-order valence-electron chi connectivity index (χ0n) is 11.3. The van der Waals surface area contributed by atoms with E-state index in [1.165, 1.54) is 0 Å². The van der Waals surface area contributed by atoms with Crippen molar-refractivity contribution in [1.29, 1.82) is 5.26 Å². The van der Waals surface area contributed by atoms with Crippen LogP contribution in [-0.4, -0.2) is 11.6 Å². The van der Waals surface area contributed by atoms with Gasteiger partial charge in [-0.3, -0.25) is 4.79 Å². The van der Waals surface area contributed by atoms with E-state index in [0.717, 1.165) is 11.1 Å². The molecule has 0 saturated carbocycles. The molecule has 2 aromatic carbocycles. The second kappa shape index (κ2) is 6.87. The highest BCUT2D eigenvalue weighted by Gasteiger charge is 2.08. The van der Waals surface area contributed by atoms with Gasteiger partial charge in [-0.15, -0.1) is 0 Å². The van der Waals surface area contributed by atoms with E-state index in [1.54, 1.807) is 18.2 Å². The van der Waals surface area contributed by atoms with Gasteiger partial charge in [-0.1, -0.05) is 42.5 Å². The van der Waals surface area contributed by atoms with E-state index < -0.39 is 5.91 Å². The predicted molar refractivity (Wildman–Crippen MR) is 81.3 cm³/mol. The molecule has 5 nitrogen and oxygen atoms in total. The van der Waals surface area contributed by atoms with Crippen molar-refractivity contribution in [2.45, 2.75) is 6.42 Å². The molecule has 3 N–H and O–H groups in total. The molecule has 2 rings (SSSR count). The number of hydrogen-bond acceptors (Lipinski definition) is 4. The van der Waals surface area contributed by atoms with Crippen LogP contribution in [0.2, 0.25) is 0 Å². The Bertz CT molecular complexity index is 684. The molecule has 0 atom stereocenters. The number of amides is 1. The van der Waals surface area contributed by atoms with Gasteiger partial charge in [0.1, 0.15) is 6.42 Å². The number of carbonyl (C=O) groups excluding carboxylic acids is 1. The summed E-state index contributed by atoms with van der Waals surface area (Å²) in [6.07, 6.45) is -0.229. The number of nitriles is 1. The van der Waals surface area contributed by atoms with Gasteiger partial charge in [-0.05, 0) is 12.1 Å². The summed E-state index contributed by atoms with van der Waals surface area (Å²) in [6.45, 7) is 0. The summed E-state index contributed by atoms with van der Waals surface area (Å²) in [7, 11) is 0. The lowest BCUT2D eigenvalue weighted by Crippen LogP contribution is -2.19. The molecule has 104 valence electrons. The third-order valence-corrected chi connectivity index (χ3v) is 2.76. The zero-order chi connectivity index (χ0) is 15.1. The molecule has 0 aliphatic carbocycles. The number of anilines is 1. The summed E-state index contributed by atoms with van der Waals surface area (Å²) in [4.78, 5) is 11.4. The van der Waals surface area contributed by atoms with Crippen LogP contribution < -0.4 is 11.2 Å². The standard InChI is InChI=1S/C16H14N4O/c17-11-10-15(21)19-20-16(12-4-2-1-3-5-12)13-6-8-14(18)9-7-13/h1-9H,10,18H2,(H,19,21). The van der Waals surface area contributed by atoms with Crippen LogP contribution in [0.5, 0.6) is 0 Å². The molecule has 0 spiro atoms. The first-order chi connectivity index (χ1) is 10.2. The average molecular weight is 278 g/mol. The van der Waals surface area contributed by atoms with Gasteiger partial charge in [0.2, 0.25) is 0 Å². The van der Waals surface area contributed by atoms with E-state index in [4.69, 9.17) is 11.0 Å². The number of hydrazone groups is 1. The number of nitrogen functional groups attached to an aromatic ring is 1. The zero-order valence-corrected chi connectivity index (χ0v) is 11.3. The minimum atomic E-state index is -0.443. The summed E-state index contributed by atoms with van der Waals surface area (Å²) in [5.41, 5.74) is 11.0. The van der Waals surface area contributed by atoms with E-state index >= 15 is 0 Å². The Hall–Kier alpha value is -3.13. The van der Waals surface area contributed by atoms with Crippen LogP contribution in [0.1, 0.15) is 17.5 Å². The lowest BCUT2D eigenvalue weighted by Gasteiger charge is -2.08. The van der Waals surface area contributed by atoms with Gasteiger partial charge in [0.15, 0.2) is 0 Å². The fraction of sp³-hybridized carbons (Fsp3) is 0.0625. The van der Waals surface area contributed by atoms with Gasteiger partial charge in [0.05, 0.1) is 11.8 Å². The van der Waals surface area contributed by atoms with Gasteiger partial charge >= 0.3 is 0 Å². The van der Waals surface area contributed by atoms with Crippen molar-refractivity contribution in [1.82, 2.24) is 5.43 Å². The molecule has 0 aromatic heterocycles. The second-order valence-electron chi connectivity index (χ2n) is 4.32. The fourth-order valence-electron chi connectivity index (χ4n) is 1.76. The topological polar surface area (TPSA) is 91.3 Å². The smallest absolute Gasteiger partial charge is 0.254 e. The minimum Gasteiger partial charge on any atom is -0.399 e. The van der Waals surface area contributed by atoms with Crippen LogP contribution in [0.3, 0.4) is 0 Å². The number of nitrogens with one attached hydrogen (secondary N) is 1. The van der Waals surface area contributed by atoms with Crippen molar-refractivity contribution in [3.8, 4) is 6.07 Å². The number of rotatable bonds is 4. The van der Waals surface area contributed by atoms with E-state index in [1.807, 2.05) is 42.5 Å². The van der Waals surface area contributed by atoms with Crippen molar-refractivity contribution < 1.29 is 4.79 Å². The highest BCUT2D eigenvalue weighted by Crippen LogP contribution is 2.12. The van der Waals surface area contributed by atoms with Crippen LogP contribution in [0.4, 0.5) is 5.69 Å². The molecule has 0 aliphatic rings. The first-order valence-electron chi connectivity index (χ1n) is 6.35. The first-order valence-corrected chi connectivity index (χ1v) is 6.35. The third kappa shape index (κ3) is 3.91. The molecule has 21 heavy (non-hydrogen) atoms. The van der Waals surface area contributed by atoms with Crippen LogP contribution in [-0.2, 0) is 4.79 Å². The molecule has 0 aliphatic heterocycles. The lowest BCUT2D eigenvalue weighted by atomic mass is 10.0. The van der Waals surface area contributed by atoms with Crippen LogP contribution in [0, 0.1) is 11.3 Å². The van der Waals surface area contributed by atoms with Crippen molar-refractivity contribution in [2.24, 2.45) is 5.10 Å². The molecular weight excluding hydrogens is 264 g/mol. The molecule has 0 unspecified atom stereocenters. The number of nitrogens with zero attached hydrogens (tertiary/aromatic N) is 2. The Morgan fingerprint density at radius 1 is 1.10 bits per heavy atom. The summed E-state index contributed by atoms with van der Waals surface area (Å²) in [5.74, 6) is -0.443. The van der Waals surface area contributed by atoms with Crippen molar-refractivity contribution in [2.75, 3.05) is 5.73 Å². The second-order valence-corrected chi connectivity index (χ2v) is 4.32. The molecule has 1 amide bonds.